The summed E-state index contributed by atoms with van der Waals surface area (Å²) in [6.07, 6.45) is 0. The van der Waals surface area contributed by atoms with Gasteiger partial charge in [-0.2, -0.15) is 0 Å². The van der Waals surface area contributed by atoms with Gasteiger partial charge in [0.2, 0.25) is 0 Å². The Morgan fingerprint density at radius 2 is 1.04 bits per heavy atom. The average Bonchev–Trinajstić information content (AvgIpc) is 2.52. The lowest BCUT2D eigenvalue weighted by Crippen LogP contribution is -2.59. The molecule has 138 valence electrons. The fourth-order valence-electron chi connectivity index (χ4n) is 2.42. The van der Waals surface area contributed by atoms with Gasteiger partial charge in [0.25, 0.3) is 0 Å². The van der Waals surface area contributed by atoms with E-state index in [-0.39, 0.29) is 26.4 Å². The molecule has 0 unspecified atom stereocenters. The Balaban J connectivity index is 4.61. The van der Waals surface area contributed by atoms with Crippen LogP contribution in [0.25, 0.3) is 0 Å². The Morgan fingerprint density at radius 3 is 1.30 bits per heavy atom. The number of aliphatic carboxylic acids is 1. The van der Waals surface area contributed by atoms with Crippen molar-refractivity contribution in [3.8, 4) is 0 Å². The van der Waals surface area contributed by atoms with Gasteiger partial charge in [-0.15, -0.1) is 0 Å². The van der Waals surface area contributed by atoms with E-state index in [4.69, 9.17) is 15.3 Å². The number of hydrogen-bond acceptors (Lipinski definition) is 7. The Kier molecular flexibility index (Phi) is 14.2. The Hall–Kier alpha value is -0.810. The van der Waals surface area contributed by atoms with Crippen molar-refractivity contribution >= 4 is 5.97 Å². The van der Waals surface area contributed by atoms with Gasteiger partial charge in [0, 0.05) is 39.3 Å². The second-order valence-electron chi connectivity index (χ2n) is 5.49. The van der Waals surface area contributed by atoms with E-state index >= 15 is 0 Å². The van der Waals surface area contributed by atoms with E-state index in [2.05, 4.69) is 16.0 Å². The van der Waals surface area contributed by atoms with E-state index in [1.165, 1.54) is 0 Å². The number of nitrogens with zero attached hydrogens (tertiary/aromatic N) is 1. The monoisotopic (exact) mass is 337 g/mol. The van der Waals surface area contributed by atoms with Crippen LogP contribution in [0.4, 0.5) is 0 Å². The van der Waals surface area contributed by atoms with Gasteiger partial charge in [-0.05, 0) is 0 Å². The highest BCUT2D eigenvalue weighted by Gasteiger charge is 2.29. The molecule has 0 bridgehead atoms. The van der Waals surface area contributed by atoms with E-state index in [9.17, 15) is 9.90 Å². The number of nitrogens with one attached hydrogen (secondary N) is 3. The first-order valence-corrected chi connectivity index (χ1v) is 8.12. The number of aliphatic hydroxyl groups is 3. The normalized spacial score (nSPS) is 11.8. The van der Waals surface area contributed by atoms with E-state index < -0.39 is 5.97 Å². The number of quaternary nitrogens is 1. The molecule has 0 aliphatic rings. The van der Waals surface area contributed by atoms with Crippen LogP contribution in [0, 0.1) is 0 Å². The van der Waals surface area contributed by atoms with Gasteiger partial charge >= 0.3 is 5.97 Å². The molecule has 0 fully saturated rings. The molecule has 9 heteroatoms. The van der Waals surface area contributed by atoms with Crippen LogP contribution < -0.4 is 16.0 Å². The first kappa shape index (κ1) is 22.2. The maximum absolute atomic E-state index is 11.3. The van der Waals surface area contributed by atoms with Crippen LogP contribution in [-0.4, -0.2) is 116 Å². The largest absolute Gasteiger partial charge is 0.477 e. The molecule has 0 spiro atoms. The SMILES string of the molecule is O=C(O)C[N+](CCNCCO)(CCNCCO)CCNCCO. The number of hydrogen-bond donors (Lipinski definition) is 7. The molecule has 0 aliphatic carbocycles. The van der Waals surface area contributed by atoms with Crippen molar-refractivity contribution in [2.45, 2.75) is 0 Å². The minimum Gasteiger partial charge on any atom is -0.477 e. The van der Waals surface area contributed by atoms with Gasteiger partial charge in [-0.25, -0.2) is 4.79 Å². The second-order valence-corrected chi connectivity index (χ2v) is 5.49. The van der Waals surface area contributed by atoms with Gasteiger partial charge in [0.1, 0.15) is 0 Å². The molecule has 0 atom stereocenters. The third-order valence-electron chi connectivity index (χ3n) is 3.63. The van der Waals surface area contributed by atoms with Crippen LogP contribution in [0.5, 0.6) is 0 Å². The van der Waals surface area contributed by atoms with Gasteiger partial charge in [-0.1, -0.05) is 0 Å². The Morgan fingerprint density at radius 1 is 0.696 bits per heavy atom. The first-order valence-electron chi connectivity index (χ1n) is 8.12. The van der Waals surface area contributed by atoms with Crippen molar-refractivity contribution in [3.05, 3.63) is 0 Å². The lowest BCUT2D eigenvalue weighted by Gasteiger charge is -2.37. The predicted octanol–water partition coefficient (Wildman–Crippen LogP) is -3.37. The smallest absolute Gasteiger partial charge is 0.359 e. The second kappa shape index (κ2) is 14.8. The summed E-state index contributed by atoms with van der Waals surface area (Å²) in [6.45, 7) is 5.38. The van der Waals surface area contributed by atoms with Crippen molar-refractivity contribution in [1.29, 1.82) is 0 Å². The molecule has 0 aromatic carbocycles. The van der Waals surface area contributed by atoms with Gasteiger partial charge in [0.05, 0.1) is 39.5 Å². The minimum atomic E-state index is -0.850. The van der Waals surface area contributed by atoms with Crippen molar-refractivity contribution in [3.63, 3.8) is 0 Å². The summed E-state index contributed by atoms with van der Waals surface area (Å²) in [6, 6.07) is 0. The molecule has 9 nitrogen and oxygen atoms in total. The fourth-order valence-corrected chi connectivity index (χ4v) is 2.42. The highest BCUT2D eigenvalue weighted by molar-refractivity contribution is 5.67. The lowest BCUT2D eigenvalue weighted by molar-refractivity contribution is -0.918. The van der Waals surface area contributed by atoms with E-state index in [0.29, 0.717) is 63.4 Å². The molecule has 0 saturated carbocycles. The van der Waals surface area contributed by atoms with Crippen LogP contribution in [0.2, 0.25) is 0 Å². The first-order chi connectivity index (χ1) is 11.1. The standard InChI is InChI=1S/C14H32N4O5/c19-10-4-15-1-7-18(13-14(22)23,8-2-16-5-11-20)9-3-17-6-12-21/h15-17,19-21H,1-13H2/p+1. The van der Waals surface area contributed by atoms with E-state index in [1.807, 2.05) is 0 Å². The van der Waals surface area contributed by atoms with Crippen LogP contribution in [-0.2, 0) is 4.79 Å². The van der Waals surface area contributed by atoms with E-state index in [1.54, 1.807) is 0 Å². The third kappa shape index (κ3) is 12.3. The summed E-state index contributed by atoms with van der Waals surface area (Å²) >= 11 is 0. The van der Waals surface area contributed by atoms with Crippen molar-refractivity contribution in [2.75, 3.05) is 85.3 Å². The summed E-state index contributed by atoms with van der Waals surface area (Å²) in [5, 5.41) is 45.0. The lowest BCUT2D eigenvalue weighted by atomic mass is 10.3. The molecule has 0 aliphatic heterocycles. The molecule has 23 heavy (non-hydrogen) atoms. The molecule has 0 rings (SSSR count). The number of aliphatic hydroxyl groups excluding tert-OH is 3. The molecule has 0 aromatic rings. The molecular formula is C14H33N4O5+. The van der Waals surface area contributed by atoms with E-state index in [0.717, 1.165) is 0 Å². The minimum absolute atomic E-state index is 0.0163. The van der Waals surface area contributed by atoms with Crippen LogP contribution in [0.3, 0.4) is 0 Å². The summed E-state index contributed by atoms with van der Waals surface area (Å²) < 4.78 is 0.393. The van der Waals surface area contributed by atoms with Crippen LogP contribution in [0.1, 0.15) is 0 Å². The molecular weight excluding hydrogens is 304 g/mol. The molecule has 0 saturated heterocycles. The number of carboxylic acid groups (broad SMARTS) is 1. The highest BCUT2D eigenvalue weighted by atomic mass is 16.4. The molecule has 0 aromatic heterocycles. The van der Waals surface area contributed by atoms with Crippen molar-refractivity contribution < 1.29 is 29.7 Å². The molecule has 0 heterocycles. The average molecular weight is 337 g/mol. The van der Waals surface area contributed by atoms with Crippen molar-refractivity contribution in [1.82, 2.24) is 16.0 Å². The third-order valence-corrected chi connectivity index (χ3v) is 3.63. The Bertz CT molecular complexity index is 263. The maximum Gasteiger partial charge on any atom is 0.359 e. The summed E-state index contributed by atoms with van der Waals surface area (Å²) in [4.78, 5) is 11.3. The zero-order valence-electron chi connectivity index (χ0n) is 13.8. The highest BCUT2D eigenvalue weighted by Crippen LogP contribution is 2.05. The van der Waals surface area contributed by atoms with Crippen molar-refractivity contribution in [2.24, 2.45) is 0 Å². The zero-order valence-corrected chi connectivity index (χ0v) is 13.8. The van der Waals surface area contributed by atoms with Gasteiger partial charge < -0.3 is 40.9 Å². The topological polar surface area (TPSA) is 134 Å². The number of rotatable bonds is 17. The summed E-state index contributed by atoms with van der Waals surface area (Å²) in [7, 11) is 0. The molecule has 7 N–H and O–H groups in total. The predicted molar refractivity (Wildman–Crippen MR) is 87.2 cm³/mol. The molecule has 0 radical (unpaired) electrons. The quantitative estimate of drug-likeness (QED) is 0.108. The van der Waals surface area contributed by atoms with Crippen LogP contribution >= 0.6 is 0 Å². The van der Waals surface area contributed by atoms with Crippen LogP contribution in [0.15, 0.2) is 0 Å². The van der Waals surface area contributed by atoms with Gasteiger partial charge in [-0.3, -0.25) is 0 Å². The Labute approximate surface area is 137 Å². The maximum atomic E-state index is 11.3. The number of carbonyl (C=O) groups is 1. The zero-order chi connectivity index (χ0) is 17.4. The number of carboxylic acids is 1. The molecule has 0 amide bonds. The summed E-state index contributed by atoms with van der Waals surface area (Å²) in [5.74, 6) is -0.850. The fraction of sp³-hybridized carbons (Fsp3) is 0.929. The summed E-state index contributed by atoms with van der Waals surface area (Å²) in [5.41, 5.74) is 0. The van der Waals surface area contributed by atoms with Gasteiger partial charge in [0.15, 0.2) is 6.54 Å².